The molecule has 1 aromatic heterocycles. The van der Waals surface area contributed by atoms with Gasteiger partial charge in [-0.25, -0.2) is 4.98 Å². The number of aromatic nitrogens is 1. The lowest BCUT2D eigenvalue weighted by atomic mass is 10.1. The van der Waals surface area contributed by atoms with Crippen molar-refractivity contribution in [3.8, 4) is 5.88 Å². The number of hydrogen-bond donors (Lipinski definition) is 2. The first kappa shape index (κ1) is 18.9. The van der Waals surface area contributed by atoms with Gasteiger partial charge in [0.15, 0.2) is 0 Å². The predicted molar refractivity (Wildman–Crippen MR) is 91.2 cm³/mol. The Kier molecular flexibility index (Phi) is 10.7. The van der Waals surface area contributed by atoms with E-state index in [1.807, 2.05) is 12.1 Å². The van der Waals surface area contributed by atoms with Crippen LogP contribution in [0, 0.1) is 0 Å². The molecule has 0 spiro atoms. The van der Waals surface area contributed by atoms with Crippen molar-refractivity contribution in [2.24, 2.45) is 0 Å². The fourth-order valence-electron chi connectivity index (χ4n) is 2.54. The van der Waals surface area contributed by atoms with E-state index in [0.717, 1.165) is 18.5 Å². The van der Waals surface area contributed by atoms with Crippen LogP contribution in [0.4, 0.5) is 0 Å². The molecule has 1 atom stereocenters. The van der Waals surface area contributed by atoms with Crippen LogP contribution in [-0.2, 0) is 0 Å². The second kappa shape index (κ2) is 12.4. The highest BCUT2D eigenvalue weighted by Crippen LogP contribution is 2.15. The summed E-state index contributed by atoms with van der Waals surface area (Å²) in [6.45, 7) is 3.28. The SMILES string of the molecule is CCCCCCCCCCN[C@@H](CO)c1ccc(OC)nc1. The molecule has 0 aliphatic carbocycles. The fourth-order valence-corrected chi connectivity index (χ4v) is 2.54. The summed E-state index contributed by atoms with van der Waals surface area (Å²) in [4.78, 5) is 4.19. The molecule has 4 heteroatoms. The Bertz CT molecular complexity index is 368. The summed E-state index contributed by atoms with van der Waals surface area (Å²) in [5.41, 5.74) is 1.00. The van der Waals surface area contributed by atoms with Gasteiger partial charge in [-0.15, -0.1) is 0 Å². The van der Waals surface area contributed by atoms with Crippen molar-refractivity contribution < 1.29 is 9.84 Å². The predicted octanol–water partition coefficient (Wildman–Crippen LogP) is 3.85. The van der Waals surface area contributed by atoms with Gasteiger partial charge in [-0.05, 0) is 18.5 Å². The molecule has 0 aliphatic heterocycles. The largest absolute Gasteiger partial charge is 0.481 e. The zero-order valence-electron chi connectivity index (χ0n) is 14.2. The molecule has 0 bridgehead atoms. The Hall–Kier alpha value is -1.13. The summed E-state index contributed by atoms with van der Waals surface area (Å²) in [5.74, 6) is 0.600. The van der Waals surface area contributed by atoms with Crippen LogP contribution in [0.2, 0.25) is 0 Å². The molecule has 0 aliphatic rings. The fraction of sp³-hybridized carbons (Fsp3) is 0.722. The lowest BCUT2D eigenvalue weighted by Crippen LogP contribution is -2.25. The molecule has 0 radical (unpaired) electrons. The van der Waals surface area contributed by atoms with E-state index in [9.17, 15) is 5.11 Å². The van der Waals surface area contributed by atoms with E-state index < -0.39 is 0 Å². The number of rotatable bonds is 13. The quantitative estimate of drug-likeness (QED) is 0.543. The molecule has 2 N–H and O–H groups in total. The van der Waals surface area contributed by atoms with Crippen LogP contribution in [0.15, 0.2) is 18.3 Å². The maximum atomic E-state index is 9.51. The number of aliphatic hydroxyl groups excluding tert-OH is 1. The third kappa shape index (κ3) is 7.76. The van der Waals surface area contributed by atoms with Gasteiger partial charge in [0.25, 0.3) is 0 Å². The van der Waals surface area contributed by atoms with Crippen LogP contribution >= 0.6 is 0 Å². The zero-order chi connectivity index (χ0) is 16.0. The Balaban J connectivity index is 2.13. The highest BCUT2D eigenvalue weighted by molar-refractivity contribution is 5.20. The molecule has 1 rings (SSSR count). The maximum Gasteiger partial charge on any atom is 0.212 e. The van der Waals surface area contributed by atoms with Crippen molar-refractivity contribution in [1.29, 1.82) is 0 Å². The number of methoxy groups -OCH3 is 1. The monoisotopic (exact) mass is 308 g/mol. The minimum absolute atomic E-state index is 0.0389. The van der Waals surface area contributed by atoms with E-state index in [2.05, 4.69) is 17.2 Å². The minimum atomic E-state index is -0.0389. The molecule has 0 aromatic carbocycles. The molecule has 126 valence electrons. The molecule has 4 nitrogen and oxygen atoms in total. The minimum Gasteiger partial charge on any atom is -0.481 e. The number of hydrogen-bond acceptors (Lipinski definition) is 4. The van der Waals surface area contributed by atoms with Crippen LogP contribution in [0.1, 0.15) is 69.9 Å². The lowest BCUT2D eigenvalue weighted by molar-refractivity contribution is 0.243. The van der Waals surface area contributed by atoms with Crippen LogP contribution in [0.25, 0.3) is 0 Å². The second-order valence-corrected chi connectivity index (χ2v) is 5.80. The number of nitrogens with one attached hydrogen (secondary N) is 1. The molecule has 0 fully saturated rings. The Morgan fingerprint density at radius 3 is 2.32 bits per heavy atom. The van der Waals surface area contributed by atoms with Gasteiger partial charge < -0.3 is 15.2 Å². The van der Waals surface area contributed by atoms with Crippen LogP contribution in [0.5, 0.6) is 5.88 Å². The van der Waals surface area contributed by atoms with Crippen molar-refractivity contribution in [3.63, 3.8) is 0 Å². The number of ether oxygens (including phenoxy) is 1. The molecule has 0 amide bonds. The molecule has 0 saturated heterocycles. The van der Waals surface area contributed by atoms with E-state index in [-0.39, 0.29) is 12.6 Å². The van der Waals surface area contributed by atoms with Gasteiger partial charge in [-0.2, -0.15) is 0 Å². The highest BCUT2D eigenvalue weighted by Gasteiger charge is 2.09. The Labute approximate surface area is 135 Å². The van der Waals surface area contributed by atoms with Crippen molar-refractivity contribution in [2.75, 3.05) is 20.3 Å². The number of aliphatic hydroxyl groups is 1. The second-order valence-electron chi connectivity index (χ2n) is 5.80. The molecule has 1 heterocycles. The van der Waals surface area contributed by atoms with Gasteiger partial charge in [-0.3, -0.25) is 0 Å². The first-order chi connectivity index (χ1) is 10.8. The highest BCUT2D eigenvalue weighted by atomic mass is 16.5. The van der Waals surface area contributed by atoms with Crippen LogP contribution < -0.4 is 10.1 Å². The lowest BCUT2D eigenvalue weighted by Gasteiger charge is -2.16. The molecular formula is C18H32N2O2. The van der Waals surface area contributed by atoms with Crippen molar-refractivity contribution in [2.45, 2.75) is 64.3 Å². The van der Waals surface area contributed by atoms with Crippen LogP contribution in [0.3, 0.4) is 0 Å². The average molecular weight is 308 g/mol. The summed E-state index contributed by atoms with van der Waals surface area (Å²) < 4.78 is 5.05. The van der Waals surface area contributed by atoms with Gasteiger partial charge >= 0.3 is 0 Å². The van der Waals surface area contributed by atoms with Gasteiger partial charge in [0.2, 0.25) is 5.88 Å². The molecule has 0 saturated carbocycles. The van der Waals surface area contributed by atoms with Crippen LogP contribution in [-0.4, -0.2) is 30.4 Å². The molecular weight excluding hydrogens is 276 g/mol. The smallest absolute Gasteiger partial charge is 0.212 e. The average Bonchev–Trinajstić information content (AvgIpc) is 2.57. The first-order valence-corrected chi connectivity index (χ1v) is 8.66. The zero-order valence-corrected chi connectivity index (χ0v) is 14.2. The first-order valence-electron chi connectivity index (χ1n) is 8.66. The number of nitrogens with zero attached hydrogens (tertiary/aromatic N) is 1. The summed E-state index contributed by atoms with van der Waals surface area (Å²) >= 11 is 0. The normalized spacial score (nSPS) is 12.3. The van der Waals surface area contributed by atoms with Gasteiger partial charge in [-0.1, -0.05) is 57.9 Å². The number of unbranched alkanes of at least 4 members (excludes halogenated alkanes) is 7. The van der Waals surface area contributed by atoms with E-state index >= 15 is 0 Å². The summed E-state index contributed by atoms with van der Waals surface area (Å²) in [6.07, 6.45) is 12.3. The summed E-state index contributed by atoms with van der Waals surface area (Å²) in [6, 6.07) is 3.74. The Morgan fingerprint density at radius 1 is 1.09 bits per heavy atom. The standard InChI is InChI=1S/C18H32N2O2/c1-3-4-5-6-7-8-9-10-13-19-17(15-21)16-11-12-18(22-2)20-14-16/h11-12,14,17,19,21H,3-10,13,15H2,1-2H3/t17-/m0/s1. The summed E-state index contributed by atoms with van der Waals surface area (Å²) in [5, 5.41) is 12.9. The van der Waals surface area contributed by atoms with Crippen molar-refractivity contribution >= 4 is 0 Å². The Morgan fingerprint density at radius 2 is 1.77 bits per heavy atom. The maximum absolute atomic E-state index is 9.51. The van der Waals surface area contributed by atoms with E-state index in [1.54, 1.807) is 13.3 Å². The van der Waals surface area contributed by atoms with Crippen molar-refractivity contribution in [3.05, 3.63) is 23.9 Å². The molecule has 1 aromatic rings. The van der Waals surface area contributed by atoms with Crippen molar-refractivity contribution in [1.82, 2.24) is 10.3 Å². The van der Waals surface area contributed by atoms with E-state index in [1.165, 1.54) is 44.9 Å². The van der Waals surface area contributed by atoms with Gasteiger partial charge in [0.05, 0.1) is 19.8 Å². The van der Waals surface area contributed by atoms with E-state index in [0.29, 0.717) is 5.88 Å². The van der Waals surface area contributed by atoms with Gasteiger partial charge in [0, 0.05) is 12.3 Å². The topological polar surface area (TPSA) is 54.4 Å². The van der Waals surface area contributed by atoms with E-state index in [4.69, 9.17) is 4.74 Å². The molecule has 0 unspecified atom stereocenters. The molecule has 22 heavy (non-hydrogen) atoms. The summed E-state index contributed by atoms with van der Waals surface area (Å²) in [7, 11) is 1.60. The third-order valence-electron chi connectivity index (χ3n) is 3.97. The van der Waals surface area contributed by atoms with Gasteiger partial charge in [0.1, 0.15) is 0 Å². The third-order valence-corrected chi connectivity index (χ3v) is 3.97. The number of pyridine rings is 1.